The van der Waals surface area contributed by atoms with Gasteiger partial charge in [-0.2, -0.15) is 0 Å². The Hall–Kier alpha value is -4.37. The number of hydrogen-bond donors (Lipinski definition) is 1. The van der Waals surface area contributed by atoms with Gasteiger partial charge in [-0.3, -0.25) is 9.78 Å². The number of aliphatic imine (C=N–C) groups is 1. The van der Waals surface area contributed by atoms with Crippen molar-refractivity contribution in [2.24, 2.45) is 4.99 Å². The Labute approximate surface area is 231 Å². The molecule has 1 unspecified atom stereocenters. The van der Waals surface area contributed by atoms with Crippen LogP contribution in [0.1, 0.15) is 36.1 Å². The summed E-state index contributed by atoms with van der Waals surface area (Å²) in [4.78, 5) is 37.4. The van der Waals surface area contributed by atoms with E-state index in [1.165, 1.54) is 11.8 Å². The summed E-state index contributed by atoms with van der Waals surface area (Å²) in [5, 5.41) is 5.56. The van der Waals surface area contributed by atoms with Crippen molar-refractivity contribution in [1.29, 1.82) is 0 Å². The Bertz CT molecular complexity index is 1450. The van der Waals surface area contributed by atoms with Gasteiger partial charge in [-0.15, -0.1) is 0 Å². The maximum absolute atomic E-state index is 13.6. The number of amides is 1. The summed E-state index contributed by atoms with van der Waals surface area (Å²) < 4.78 is 11.5. The van der Waals surface area contributed by atoms with Crippen LogP contribution in [0, 0.1) is 0 Å². The van der Waals surface area contributed by atoms with Gasteiger partial charge in [0, 0.05) is 30.2 Å². The fraction of sp³-hybridized carbons (Fsp3) is 0.200. The lowest BCUT2D eigenvalue weighted by atomic mass is 9.93. The first-order chi connectivity index (χ1) is 19.0. The van der Waals surface area contributed by atoms with Gasteiger partial charge in [0.2, 0.25) is 5.91 Å². The number of para-hydroxylation sites is 1. The molecule has 1 aromatic heterocycles. The van der Waals surface area contributed by atoms with E-state index in [9.17, 15) is 9.59 Å². The van der Waals surface area contributed by atoms with Crippen molar-refractivity contribution in [2.45, 2.75) is 32.5 Å². The molecule has 0 fully saturated rings. The average Bonchev–Trinajstić information content (AvgIpc) is 3.36. The molecule has 2 aliphatic rings. The van der Waals surface area contributed by atoms with Gasteiger partial charge in [-0.05, 0) is 35.6 Å². The van der Waals surface area contributed by atoms with Crippen molar-refractivity contribution in [3.05, 3.63) is 118 Å². The van der Waals surface area contributed by atoms with Crippen molar-refractivity contribution in [2.75, 3.05) is 7.11 Å². The quantitative estimate of drug-likeness (QED) is 0.377. The van der Waals surface area contributed by atoms with Crippen LogP contribution in [0.4, 0.5) is 0 Å². The van der Waals surface area contributed by atoms with E-state index in [2.05, 4.69) is 10.3 Å². The molecule has 0 spiro atoms. The summed E-state index contributed by atoms with van der Waals surface area (Å²) >= 11 is 1.43. The highest BCUT2D eigenvalue weighted by atomic mass is 32.2. The third-order valence-corrected chi connectivity index (χ3v) is 7.31. The number of carbonyl (C=O) groups excluding carboxylic acids is 2. The average molecular weight is 541 g/mol. The second kappa shape index (κ2) is 12.0. The number of methoxy groups -OCH3 is 1. The maximum Gasteiger partial charge on any atom is 0.338 e. The Morgan fingerprint density at radius 3 is 2.56 bits per heavy atom. The van der Waals surface area contributed by atoms with E-state index in [1.807, 2.05) is 84.0 Å². The van der Waals surface area contributed by atoms with Gasteiger partial charge in [0.1, 0.15) is 12.4 Å². The molecule has 3 heterocycles. The molecule has 2 aromatic carbocycles. The Morgan fingerprint density at radius 1 is 1.03 bits per heavy atom. The molecule has 0 saturated carbocycles. The summed E-state index contributed by atoms with van der Waals surface area (Å²) in [6.07, 6.45) is 3.53. The molecule has 1 amide bonds. The first kappa shape index (κ1) is 26.2. The van der Waals surface area contributed by atoms with Crippen LogP contribution in [-0.2, 0) is 27.5 Å². The number of carbonyl (C=O) groups is 2. The van der Waals surface area contributed by atoms with Crippen LogP contribution in [0.3, 0.4) is 0 Å². The third-order valence-electron chi connectivity index (χ3n) is 6.42. The lowest BCUT2D eigenvalue weighted by molar-refractivity contribution is -0.141. The predicted molar refractivity (Wildman–Crippen MR) is 150 cm³/mol. The molecular weight excluding hydrogens is 512 g/mol. The minimum atomic E-state index is -0.579. The van der Waals surface area contributed by atoms with Gasteiger partial charge >= 0.3 is 5.97 Å². The predicted octanol–water partition coefficient (Wildman–Crippen LogP) is 5.12. The lowest BCUT2D eigenvalue weighted by Gasteiger charge is -2.36. The molecule has 39 heavy (non-hydrogen) atoms. The van der Waals surface area contributed by atoms with Gasteiger partial charge < -0.3 is 19.7 Å². The number of amidine groups is 1. The van der Waals surface area contributed by atoms with Crippen LogP contribution in [0.25, 0.3) is 0 Å². The van der Waals surface area contributed by atoms with Crippen molar-refractivity contribution in [3.8, 4) is 5.75 Å². The van der Waals surface area contributed by atoms with Crippen molar-refractivity contribution >= 4 is 28.8 Å². The minimum absolute atomic E-state index is 0.114. The van der Waals surface area contributed by atoms with Gasteiger partial charge in [0.15, 0.2) is 5.17 Å². The van der Waals surface area contributed by atoms with Crippen LogP contribution in [0.15, 0.2) is 106 Å². The molecular formula is C30H28N4O4S. The normalized spacial score (nSPS) is 16.3. The number of esters is 1. The van der Waals surface area contributed by atoms with Gasteiger partial charge in [0.05, 0.1) is 30.8 Å². The SMILES string of the molecule is COc1ccccc1C1C(C(=O)OCc2ccccc2)=C(C)N=C2SC=C(CC(=O)NCc3cccnc3)N21. The van der Waals surface area contributed by atoms with E-state index in [0.717, 1.165) is 22.4 Å². The number of rotatable bonds is 9. The monoisotopic (exact) mass is 540 g/mol. The third kappa shape index (κ3) is 5.88. The van der Waals surface area contributed by atoms with Crippen LogP contribution in [0.5, 0.6) is 5.75 Å². The zero-order chi connectivity index (χ0) is 27.2. The van der Waals surface area contributed by atoms with Crippen molar-refractivity contribution in [1.82, 2.24) is 15.2 Å². The van der Waals surface area contributed by atoms with E-state index in [4.69, 9.17) is 14.5 Å². The fourth-order valence-electron chi connectivity index (χ4n) is 4.55. The molecule has 3 aromatic rings. The molecule has 198 valence electrons. The van der Waals surface area contributed by atoms with E-state index in [-0.39, 0.29) is 18.9 Å². The van der Waals surface area contributed by atoms with Crippen LogP contribution in [0.2, 0.25) is 0 Å². The maximum atomic E-state index is 13.6. The number of nitrogens with one attached hydrogen (secondary N) is 1. The van der Waals surface area contributed by atoms with Gasteiger partial charge in [-0.25, -0.2) is 9.79 Å². The highest BCUT2D eigenvalue weighted by Gasteiger charge is 2.42. The standard InChI is InChI=1S/C30H28N4O4S/c1-20-27(29(36)38-18-21-9-4-3-5-10-21)28(24-12-6-7-13-25(24)37-2)34-23(19-39-30(34)33-20)15-26(35)32-17-22-11-8-14-31-16-22/h3-14,16,19,28H,15,17-18H2,1-2H3,(H,32,35). The molecule has 0 radical (unpaired) electrons. The highest BCUT2D eigenvalue weighted by Crippen LogP contribution is 2.46. The number of fused-ring (bicyclic) bond motifs is 1. The van der Waals surface area contributed by atoms with Crippen LogP contribution >= 0.6 is 11.8 Å². The second-order valence-electron chi connectivity index (χ2n) is 9.01. The number of nitrogens with zero attached hydrogens (tertiary/aromatic N) is 3. The number of ether oxygens (including phenoxy) is 2. The zero-order valence-corrected chi connectivity index (χ0v) is 22.5. The zero-order valence-electron chi connectivity index (χ0n) is 21.7. The number of allylic oxidation sites excluding steroid dienone is 1. The molecule has 9 heteroatoms. The number of benzene rings is 2. The Balaban J connectivity index is 1.43. The summed E-state index contributed by atoms with van der Waals surface area (Å²) in [6, 6.07) is 20.3. The summed E-state index contributed by atoms with van der Waals surface area (Å²) in [6.45, 7) is 2.32. The van der Waals surface area contributed by atoms with Gasteiger partial charge in [0.25, 0.3) is 0 Å². The van der Waals surface area contributed by atoms with E-state index >= 15 is 0 Å². The van der Waals surface area contributed by atoms with Crippen LogP contribution < -0.4 is 10.1 Å². The molecule has 5 rings (SSSR count). The van der Waals surface area contributed by atoms with E-state index in [0.29, 0.717) is 28.7 Å². The Morgan fingerprint density at radius 2 is 1.79 bits per heavy atom. The second-order valence-corrected chi connectivity index (χ2v) is 9.85. The summed E-state index contributed by atoms with van der Waals surface area (Å²) in [5.74, 6) is 0.0136. The largest absolute Gasteiger partial charge is 0.496 e. The number of pyridine rings is 1. The first-order valence-electron chi connectivity index (χ1n) is 12.5. The first-order valence-corrected chi connectivity index (χ1v) is 13.4. The topological polar surface area (TPSA) is 93.1 Å². The molecule has 0 aliphatic carbocycles. The molecule has 1 atom stereocenters. The number of thioether (sulfide) groups is 1. The lowest BCUT2D eigenvalue weighted by Crippen LogP contribution is -2.38. The van der Waals surface area contributed by atoms with Crippen molar-refractivity contribution < 1.29 is 19.1 Å². The summed E-state index contributed by atoms with van der Waals surface area (Å²) in [5.41, 5.74) is 4.29. The minimum Gasteiger partial charge on any atom is -0.496 e. The number of aromatic nitrogens is 1. The fourth-order valence-corrected chi connectivity index (χ4v) is 5.51. The molecule has 8 nitrogen and oxygen atoms in total. The molecule has 1 N–H and O–H groups in total. The van der Waals surface area contributed by atoms with Crippen molar-refractivity contribution in [3.63, 3.8) is 0 Å². The Kier molecular flexibility index (Phi) is 8.07. The highest BCUT2D eigenvalue weighted by molar-refractivity contribution is 8.16. The van der Waals surface area contributed by atoms with Crippen LogP contribution in [-0.4, -0.2) is 34.0 Å². The smallest absolute Gasteiger partial charge is 0.338 e. The number of hydrogen-bond acceptors (Lipinski definition) is 8. The van der Waals surface area contributed by atoms with E-state index in [1.54, 1.807) is 19.5 Å². The summed E-state index contributed by atoms with van der Waals surface area (Å²) in [7, 11) is 1.60. The molecule has 2 aliphatic heterocycles. The van der Waals surface area contributed by atoms with E-state index < -0.39 is 12.0 Å². The molecule has 0 bridgehead atoms. The van der Waals surface area contributed by atoms with Gasteiger partial charge in [-0.1, -0.05) is 66.4 Å². The molecule has 0 saturated heterocycles.